The Morgan fingerprint density at radius 3 is 2.81 bits per heavy atom. The first kappa shape index (κ1) is 16.2. The average molecular weight is 373 g/mol. The predicted molar refractivity (Wildman–Crippen MR) is 84.1 cm³/mol. The molecule has 0 radical (unpaired) electrons. The number of nitrogens with one attached hydrogen (secondary N) is 2. The molecule has 2 rings (SSSR count). The quantitative estimate of drug-likeness (QED) is 0.746. The highest BCUT2D eigenvalue weighted by molar-refractivity contribution is 9.10. The molecule has 4 N–H and O–H groups in total. The van der Waals surface area contributed by atoms with Crippen LogP contribution in [0.3, 0.4) is 0 Å². The summed E-state index contributed by atoms with van der Waals surface area (Å²) in [6, 6.07) is 7.12. The highest BCUT2D eigenvalue weighted by Gasteiger charge is 2.25. The van der Waals surface area contributed by atoms with Gasteiger partial charge in [-0.3, -0.25) is 5.10 Å². The molecule has 0 aliphatic heterocycles. The van der Waals surface area contributed by atoms with E-state index in [1.54, 1.807) is 13.8 Å². The second-order valence-electron chi connectivity index (χ2n) is 4.73. The Labute approximate surface area is 132 Å². The number of nitrogens with zero attached hydrogens (tertiary/aromatic N) is 1. The summed E-state index contributed by atoms with van der Waals surface area (Å²) in [5.41, 5.74) is 7.22. The Morgan fingerprint density at radius 1 is 1.48 bits per heavy atom. The molecular formula is C13H17BrN4O2S. The van der Waals surface area contributed by atoms with Crippen molar-refractivity contribution in [1.29, 1.82) is 0 Å². The van der Waals surface area contributed by atoms with Crippen LogP contribution in [-0.4, -0.2) is 18.6 Å². The zero-order valence-electron chi connectivity index (χ0n) is 11.7. The molecule has 114 valence electrons. The molecule has 1 unspecified atom stereocenters. The van der Waals surface area contributed by atoms with Crippen LogP contribution in [0, 0.1) is 6.92 Å². The molecule has 0 saturated carbocycles. The number of H-pyrrole nitrogens is 1. The van der Waals surface area contributed by atoms with Crippen LogP contribution >= 0.6 is 15.9 Å². The molecule has 21 heavy (non-hydrogen) atoms. The molecule has 0 aliphatic rings. The zero-order valence-corrected chi connectivity index (χ0v) is 14.1. The number of halogens is 1. The molecule has 1 aromatic heterocycles. The molecule has 0 spiro atoms. The fourth-order valence-electron chi connectivity index (χ4n) is 2.10. The molecule has 2 aromatic rings. The van der Waals surface area contributed by atoms with Crippen LogP contribution in [-0.2, 0) is 16.6 Å². The van der Waals surface area contributed by atoms with Crippen LogP contribution in [0.4, 0.5) is 0 Å². The minimum Gasteiger partial charge on any atom is -0.325 e. The van der Waals surface area contributed by atoms with Crippen molar-refractivity contribution in [3.63, 3.8) is 0 Å². The van der Waals surface area contributed by atoms with E-state index in [4.69, 9.17) is 5.73 Å². The van der Waals surface area contributed by atoms with Gasteiger partial charge in [0.15, 0.2) is 0 Å². The van der Waals surface area contributed by atoms with E-state index in [0.717, 1.165) is 10.0 Å². The molecule has 0 amide bonds. The fourth-order valence-corrected chi connectivity index (χ4v) is 4.12. The second kappa shape index (κ2) is 6.27. The fraction of sp³-hybridized carbons (Fsp3) is 0.308. The van der Waals surface area contributed by atoms with Crippen LogP contribution in [0.2, 0.25) is 0 Å². The number of aryl methyl sites for hydroxylation is 1. The van der Waals surface area contributed by atoms with Crippen LogP contribution in [0.15, 0.2) is 33.6 Å². The van der Waals surface area contributed by atoms with E-state index in [1.807, 2.05) is 24.3 Å². The van der Waals surface area contributed by atoms with Gasteiger partial charge in [0.2, 0.25) is 10.0 Å². The number of hydrogen-bond donors (Lipinski definition) is 3. The topological polar surface area (TPSA) is 101 Å². The Bertz CT molecular complexity index is 742. The van der Waals surface area contributed by atoms with E-state index in [1.165, 1.54) is 0 Å². The van der Waals surface area contributed by atoms with Gasteiger partial charge < -0.3 is 5.73 Å². The highest BCUT2D eigenvalue weighted by Crippen LogP contribution is 2.22. The van der Waals surface area contributed by atoms with E-state index in [0.29, 0.717) is 11.4 Å². The van der Waals surface area contributed by atoms with Gasteiger partial charge in [0.05, 0.1) is 11.4 Å². The third-order valence-corrected chi connectivity index (χ3v) is 5.34. The molecule has 6 nitrogen and oxygen atoms in total. The molecule has 1 aromatic carbocycles. The van der Waals surface area contributed by atoms with Crippen molar-refractivity contribution < 1.29 is 8.42 Å². The lowest BCUT2D eigenvalue weighted by Gasteiger charge is -2.15. The minimum absolute atomic E-state index is 0.0614. The van der Waals surface area contributed by atoms with Gasteiger partial charge in [-0.05, 0) is 31.5 Å². The predicted octanol–water partition coefficient (Wildman–Crippen LogP) is 1.98. The Balaban J connectivity index is 2.31. The van der Waals surface area contributed by atoms with Crippen molar-refractivity contribution in [3.8, 4) is 0 Å². The zero-order chi connectivity index (χ0) is 15.6. The molecule has 0 aliphatic carbocycles. The number of rotatable bonds is 5. The summed E-state index contributed by atoms with van der Waals surface area (Å²) in [6.07, 6.45) is 0. The maximum Gasteiger partial charge on any atom is 0.244 e. The maximum atomic E-state index is 12.5. The summed E-state index contributed by atoms with van der Waals surface area (Å²) in [4.78, 5) is 0.131. The number of nitrogens with two attached hydrogens (primary N) is 1. The summed E-state index contributed by atoms with van der Waals surface area (Å²) >= 11 is 3.37. The first-order valence-corrected chi connectivity index (χ1v) is 8.64. The van der Waals surface area contributed by atoms with E-state index < -0.39 is 10.0 Å². The van der Waals surface area contributed by atoms with Gasteiger partial charge in [0.1, 0.15) is 4.90 Å². The van der Waals surface area contributed by atoms with E-state index in [2.05, 4.69) is 30.8 Å². The van der Waals surface area contributed by atoms with Gasteiger partial charge in [0, 0.05) is 17.1 Å². The monoisotopic (exact) mass is 372 g/mol. The molecule has 1 atom stereocenters. The average Bonchev–Trinajstić information content (AvgIpc) is 2.80. The maximum absolute atomic E-state index is 12.5. The van der Waals surface area contributed by atoms with Crippen LogP contribution in [0.25, 0.3) is 0 Å². The smallest absolute Gasteiger partial charge is 0.244 e. The normalized spacial score (nSPS) is 13.3. The Kier molecular flexibility index (Phi) is 4.82. The van der Waals surface area contributed by atoms with Crippen molar-refractivity contribution in [2.75, 3.05) is 0 Å². The molecule has 1 heterocycles. The number of aromatic amines is 1. The number of hydrogen-bond acceptors (Lipinski definition) is 4. The first-order valence-electron chi connectivity index (χ1n) is 6.37. The van der Waals surface area contributed by atoms with E-state index >= 15 is 0 Å². The number of sulfonamides is 1. The van der Waals surface area contributed by atoms with E-state index in [-0.39, 0.29) is 17.5 Å². The summed E-state index contributed by atoms with van der Waals surface area (Å²) in [5.74, 6) is 0. The third kappa shape index (κ3) is 3.52. The van der Waals surface area contributed by atoms with Gasteiger partial charge in [-0.25, -0.2) is 13.1 Å². The van der Waals surface area contributed by atoms with Gasteiger partial charge >= 0.3 is 0 Å². The first-order chi connectivity index (χ1) is 9.85. The summed E-state index contributed by atoms with van der Waals surface area (Å²) in [6.45, 7) is 3.51. The van der Waals surface area contributed by atoms with Crippen LogP contribution in [0.1, 0.15) is 29.9 Å². The van der Waals surface area contributed by atoms with Crippen LogP contribution in [0.5, 0.6) is 0 Å². The SMILES string of the molecule is Cc1[nH]nc(CN)c1S(=O)(=O)NC(C)c1cccc(Br)c1. The van der Waals surface area contributed by atoms with Gasteiger partial charge in [0.25, 0.3) is 0 Å². The Hall–Kier alpha value is -1.22. The van der Waals surface area contributed by atoms with Crippen molar-refractivity contribution in [2.45, 2.75) is 31.3 Å². The standard InChI is InChI=1S/C13H17BrN4O2S/c1-8(10-4-3-5-11(14)6-10)18-21(19,20)13-9(2)16-17-12(13)7-15/h3-6,8,18H,7,15H2,1-2H3,(H,16,17). The Morgan fingerprint density at radius 2 is 2.19 bits per heavy atom. The largest absolute Gasteiger partial charge is 0.325 e. The van der Waals surface area contributed by atoms with E-state index in [9.17, 15) is 8.42 Å². The highest BCUT2D eigenvalue weighted by atomic mass is 79.9. The molecule has 0 bridgehead atoms. The lowest BCUT2D eigenvalue weighted by molar-refractivity contribution is 0.565. The van der Waals surface area contributed by atoms with Crippen molar-refractivity contribution in [3.05, 3.63) is 45.7 Å². The second-order valence-corrected chi connectivity index (χ2v) is 7.29. The molecule has 0 saturated heterocycles. The van der Waals surface area contributed by atoms with Crippen molar-refractivity contribution in [2.24, 2.45) is 5.73 Å². The number of benzene rings is 1. The minimum atomic E-state index is -3.69. The summed E-state index contributed by atoms with van der Waals surface area (Å²) in [5, 5.41) is 6.58. The summed E-state index contributed by atoms with van der Waals surface area (Å²) in [7, 11) is -3.69. The third-order valence-electron chi connectivity index (χ3n) is 3.10. The van der Waals surface area contributed by atoms with Crippen LogP contribution < -0.4 is 10.5 Å². The number of aromatic nitrogens is 2. The van der Waals surface area contributed by atoms with Gasteiger partial charge in [-0.2, -0.15) is 5.10 Å². The summed E-state index contributed by atoms with van der Waals surface area (Å²) < 4.78 is 28.6. The van der Waals surface area contributed by atoms with Gasteiger partial charge in [-0.15, -0.1) is 0 Å². The van der Waals surface area contributed by atoms with Crippen molar-refractivity contribution >= 4 is 26.0 Å². The van der Waals surface area contributed by atoms with Crippen molar-refractivity contribution in [1.82, 2.24) is 14.9 Å². The molecule has 0 fully saturated rings. The molecule has 8 heteroatoms. The molecular weight excluding hydrogens is 356 g/mol. The lowest BCUT2D eigenvalue weighted by Crippen LogP contribution is -2.28. The van der Waals surface area contributed by atoms with Gasteiger partial charge in [-0.1, -0.05) is 28.1 Å². The lowest BCUT2D eigenvalue weighted by atomic mass is 10.1.